The highest BCUT2D eigenvalue weighted by Gasteiger charge is 2.45. The predicted octanol–water partition coefficient (Wildman–Crippen LogP) is 3.95. The largest absolute Gasteiger partial charge is 0.486 e. The minimum absolute atomic E-state index is 0.383. The second-order valence-electron chi connectivity index (χ2n) is 6.97. The smallest absolute Gasteiger partial charge is 0.314 e. The van der Waals surface area contributed by atoms with Gasteiger partial charge in [0.1, 0.15) is 18.9 Å². The molecule has 1 N–H and O–H groups in total. The van der Waals surface area contributed by atoms with Gasteiger partial charge in [0.05, 0.1) is 5.41 Å². The number of ether oxygens (including phenoxy) is 2. The second kappa shape index (κ2) is 5.69. The summed E-state index contributed by atoms with van der Waals surface area (Å²) in [7, 11) is 0. The summed E-state index contributed by atoms with van der Waals surface area (Å²) in [5.74, 6) is 0.0802. The minimum Gasteiger partial charge on any atom is -0.486 e. The van der Waals surface area contributed by atoms with Gasteiger partial charge >= 0.3 is 5.97 Å². The molecule has 2 aliphatic rings. The van der Waals surface area contributed by atoms with Gasteiger partial charge in [-0.3, -0.25) is 4.79 Å². The lowest BCUT2D eigenvalue weighted by molar-refractivity contribution is -0.145. The van der Waals surface area contributed by atoms with Gasteiger partial charge in [-0.25, -0.2) is 4.39 Å². The number of fused-ring (bicyclic) bond motifs is 1. The van der Waals surface area contributed by atoms with Crippen LogP contribution in [0.5, 0.6) is 11.5 Å². The first-order valence-electron chi connectivity index (χ1n) is 8.21. The second-order valence-corrected chi connectivity index (χ2v) is 6.97. The number of halogens is 1. The molecule has 1 aromatic rings. The molecule has 5 heteroatoms. The van der Waals surface area contributed by atoms with Crippen LogP contribution in [-0.4, -0.2) is 24.3 Å². The van der Waals surface area contributed by atoms with Gasteiger partial charge in [-0.1, -0.05) is 19.3 Å². The van der Waals surface area contributed by atoms with Crippen LogP contribution in [0.25, 0.3) is 0 Å². The molecule has 1 heterocycles. The summed E-state index contributed by atoms with van der Waals surface area (Å²) >= 11 is 0. The van der Waals surface area contributed by atoms with Crippen molar-refractivity contribution in [1.29, 1.82) is 0 Å². The zero-order valence-electron chi connectivity index (χ0n) is 13.7. The van der Waals surface area contributed by atoms with Crippen LogP contribution in [0.3, 0.4) is 0 Å². The van der Waals surface area contributed by atoms with Gasteiger partial charge in [-0.05, 0) is 44.4 Å². The lowest BCUT2D eigenvalue weighted by Crippen LogP contribution is -2.39. The lowest BCUT2D eigenvalue weighted by atomic mass is 9.68. The first kappa shape index (κ1) is 16.1. The first-order valence-corrected chi connectivity index (χ1v) is 8.21. The molecule has 4 nitrogen and oxygen atoms in total. The highest BCUT2D eigenvalue weighted by molar-refractivity contribution is 5.83. The molecular formula is C18H23FO4. The van der Waals surface area contributed by atoms with Crippen LogP contribution in [0.15, 0.2) is 12.1 Å². The van der Waals surface area contributed by atoms with E-state index in [0.29, 0.717) is 48.7 Å². The average molecular weight is 322 g/mol. The molecule has 0 aromatic heterocycles. The summed E-state index contributed by atoms with van der Waals surface area (Å²) in [5, 5.41) is 9.95. The lowest BCUT2D eigenvalue weighted by Gasteiger charge is -2.37. The number of benzene rings is 1. The van der Waals surface area contributed by atoms with Gasteiger partial charge in [0.15, 0.2) is 11.5 Å². The van der Waals surface area contributed by atoms with E-state index >= 15 is 0 Å². The molecule has 1 aromatic carbocycles. The third-order valence-electron chi connectivity index (χ3n) is 4.96. The maximum atomic E-state index is 14.5. The van der Waals surface area contributed by atoms with Gasteiger partial charge in [0.25, 0.3) is 0 Å². The summed E-state index contributed by atoms with van der Waals surface area (Å²) in [6.07, 6.45) is 3.84. The molecule has 126 valence electrons. The molecule has 3 rings (SSSR count). The van der Waals surface area contributed by atoms with Crippen LogP contribution < -0.4 is 9.47 Å². The van der Waals surface area contributed by atoms with Crippen molar-refractivity contribution < 1.29 is 23.8 Å². The van der Waals surface area contributed by atoms with Crippen molar-refractivity contribution in [3.8, 4) is 11.5 Å². The summed E-state index contributed by atoms with van der Waals surface area (Å²) < 4.78 is 25.9. The Morgan fingerprint density at radius 2 is 1.83 bits per heavy atom. The normalized spacial score (nSPS) is 20.1. The fourth-order valence-corrected chi connectivity index (χ4v) is 3.61. The van der Waals surface area contributed by atoms with E-state index in [4.69, 9.17) is 9.47 Å². The number of hydrogen-bond donors (Lipinski definition) is 1. The van der Waals surface area contributed by atoms with Crippen LogP contribution in [0.2, 0.25) is 0 Å². The van der Waals surface area contributed by atoms with Gasteiger partial charge in [-0.15, -0.1) is 0 Å². The van der Waals surface area contributed by atoms with E-state index in [2.05, 4.69) is 0 Å². The van der Waals surface area contributed by atoms with E-state index in [1.165, 1.54) is 13.8 Å². The summed E-state index contributed by atoms with van der Waals surface area (Å²) in [6.45, 7) is 3.71. The third kappa shape index (κ3) is 2.77. The van der Waals surface area contributed by atoms with Crippen LogP contribution in [0.1, 0.15) is 57.1 Å². The molecule has 1 fully saturated rings. The topological polar surface area (TPSA) is 55.8 Å². The third-order valence-corrected chi connectivity index (χ3v) is 4.96. The van der Waals surface area contributed by atoms with E-state index in [9.17, 15) is 14.3 Å². The molecule has 0 amide bonds. The molecule has 0 bridgehead atoms. The van der Waals surface area contributed by atoms with Gasteiger partial charge in [0.2, 0.25) is 0 Å². The Kier molecular flexibility index (Phi) is 3.98. The highest BCUT2D eigenvalue weighted by Crippen LogP contribution is 2.49. The van der Waals surface area contributed by atoms with Crippen LogP contribution in [-0.2, 0) is 15.9 Å². The molecule has 0 spiro atoms. The molecule has 1 aliphatic heterocycles. The van der Waals surface area contributed by atoms with Crippen LogP contribution >= 0.6 is 0 Å². The van der Waals surface area contributed by atoms with E-state index < -0.39 is 17.1 Å². The maximum absolute atomic E-state index is 14.5. The molecule has 0 unspecified atom stereocenters. The first-order chi connectivity index (χ1) is 10.8. The molecule has 0 radical (unpaired) electrons. The van der Waals surface area contributed by atoms with Crippen molar-refractivity contribution in [2.24, 2.45) is 0 Å². The van der Waals surface area contributed by atoms with Crippen molar-refractivity contribution in [2.45, 2.75) is 57.0 Å². The summed E-state index contributed by atoms with van der Waals surface area (Å²) in [5.41, 5.74) is -1.57. The average Bonchev–Trinajstić information content (AvgIpc) is 2.53. The molecular weight excluding hydrogens is 299 g/mol. The molecule has 0 atom stereocenters. The Bertz CT molecular complexity index is 612. The van der Waals surface area contributed by atoms with Crippen molar-refractivity contribution in [1.82, 2.24) is 0 Å². The fourth-order valence-electron chi connectivity index (χ4n) is 3.61. The molecule has 0 saturated heterocycles. The van der Waals surface area contributed by atoms with E-state index in [-0.39, 0.29) is 0 Å². The monoisotopic (exact) mass is 322 g/mol. The highest BCUT2D eigenvalue weighted by atomic mass is 19.1. The SMILES string of the molecule is CC(C)(F)c1cc2c(c(C3(C(=O)O)CCCCC3)c1)OCCO2. The predicted molar refractivity (Wildman–Crippen MR) is 84.0 cm³/mol. The Balaban J connectivity index is 2.21. The zero-order valence-corrected chi connectivity index (χ0v) is 13.7. The van der Waals surface area contributed by atoms with Gasteiger partial charge in [-0.2, -0.15) is 0 Å². The Morgan fingerprint density at radius 3 is 2.43 bits per heavy atom. The van der Waals surface area contributed by atoms with E-state index in [0.717, 1.165) is 19.3 Å². The number of aliphatic carboxylic acids is 1. The van der Waals surface area contributed by atoms with Crippen molar-refractivity contribution in [3.63, 3.8) is 0 Å². The molecule has 23 heavy (non-hydrogen) atoms. The Hall–Kier alpha value is -1.78. The quantitative estimate of drug-likeness (QED) is 0.915. The number of carbonyl (C=O) groups is 1. The fraction of sp³-hybridized carbons (Fsp3) is 0.611. The Labute approximate surface area is 135 Å². The number of alkyl halides is 1. The molecule has 1 aliphatic carbocycles. The maximum Gasteiger partial charge on any atom is 0.314 e. The zero-order chi connectivity index (χ0) is 16.7. The van der Waals surface area contributed by atoms with E-state index in [1.807, 2.05) is 0 Å². The van der Waals surface area contributed by atoms with Crippen molar-refractivity contribution in [2.75, 3.05) is 13.2 Å². The molecule has 1 saturated carbocycles. The number of rotatable bonds is 3. The van der Waals surface area contributed by atoms with Crippen molar-refractivity contribution >= 4 is 5.97 Å². The number of carboxylic acid groups (broad SMARTS) is 1. The number of carboxylic acids is 1. The van der Waals surface area contributed by atoms with E-state index in [1.54, 1.807) is 12.1 Å². The van der Waals surface area contributed by atoms with Crippen LogP contribution in [0, 0.1) is 0 Å². The number of hydrogen-bond acceptors (Lipinski definition) is 3. The Morgan fingerprint density at radius 1 is 1.17 bits per heavy atom. The van der Waals surface area contributed by atoms with Crippen molar-refractivity contribution in [3.05, 3.63) is 23.3 Å². The minimum atomic E-state index is -1.57. The summed E-state index contributed by atoms with van der Waals surface area (Å²) in [4.78, 5) is 12.1. The standard InChI is InChI=1S/C18H23FO4/c1-17(2,19)12-10-13(15-14(11-12)22-8-9-23-15)18(16(20)21)6-4-3-5-7-18/h10-11H,3-9H2,1-2H3,(H,20,21). The van der Waals surface area contributed by atoms with Crippen LogP contribution in [0.4, 0.5) is 4.39 Å². The summed E-state index contributed by atoms with van der Waals surface area (Å²) in [6, 6.07) is 3.31. The van der Waals surface area contributed by atoms with Gasteiger partial charge in [0, 0.05) is 5.56 Å². The van der Waals surface area contributed by atoms with Gasteiger partial charge < -0.3 is 14.6 Å².